The van der Waals surface area contributed by atoms with Crippen molar-refractivity contribution < 1.29 is 9.59 Å². The van der Waals surface area contributed by atoms with E-state index in [2.05, 4.69) is 20.8 Å². The van der Waals surface area contributed by atoms with Crippen molar-refractivity contribution in [3.8, 4) is 0 Å². The molecule has 0 spiro atoms. The number of Topliss-reactive ketones (excluding diaryl/α,β-unsaturated/α-hetero) is 1. The number of amides is 1. The van der Waals surface area contributed by atoms with Crippen molar-refractivity contribution in [2.45, 2.75) is 0 Å². The van der Waals surface area contributed by atoms with E-state index in [4.69, 9.17) is 0 Å². The third-order valence-corrected chi connectivity index (χ3v) is 5.53. The van der Waals surface area contributed by atoms with Crippen LogP contribution in [0, 0.1) is 0 Å². The molecule has 0 radical (unpaired) electrons. The molecule has 0 atom stereocenters. The van der Waals surface area contributed by atoms with Crippen LogP contribution in [0.2, 0.25) is 0 Å². The minimum Gasteiger partial charge on any atom is -0.336 e. The zero-order valence-electron chi connectivity index (χ0n) is 12.6. The van der Waals surface area contributed by atoms with Gasteiger partial charge in [-0.1, -0.05) is 18.2 Å². The number of carbonyl (C=O) groups is 2. The van der Waals surface area contributed by atoms with E-state index >= 15 is 0 Å². The van der Waals surface area contributed by atoms with Gasteiger partial charge in [0.15, 0.2) is 5.78 Å². The van der Waals surface area contributed by atoms with Crippen molar-refractivity contribution in [3.05, 3.63) is 56.7 Å². The first-order chi connectivity index (χ1) is 11.1. The molecule has 4 nitrogen and oxygen atoms in total. The number of carbonyl (C=O) groups excluding carboxylic acids is 2. The molecule has 2 heterocycles. The first kappa shape index (κ1) is 16.4. The summed E-state index contributed by atoms with van der Waals surface area (Å²) in [6.07, 6.45) is 0. The van der Waals surface area contributed by atoms with Crippen LogP contribution in [0.1, 0.15) is 20.0 Å². The molecular weight excluding hydrogens is 376 g/mol. The average Bonchev–Trinajstić information content (AvgIpc) is 3.10. The van der Waals surface area contributed by atoms with Gasteiger partial charge in [0, 0.05) is 30.7 Å². The van der Waals surface area contributed by atoms with E-state index in [1.165, 1.54) is 11.3 Å². The van der Waals surface area contributed by atoms with Crippen molar-refractivity contribution >= 4 is 39.0 Å². The molecular formula is C17H17BrN2O2S. The van der Waals surface area contributed by atoms with E-state index in [0.29, 0.717) is 25.2 Å². The molecule has 0 bridgehead atoms. The molecule has 1 aromatic heterocycles. The van der Waals surface area contributed by atoms with E-state index in [0.717, 1.165) is 22.4 Å². The molecule has 0 unspecified atom stereocenters. The Hall–Kier alpha value is -1.50. The van der Waals surface area contributed by atoms with E-state index < -0.39 is 0 Å². The van der Waals surface area contributed by atoms with Gasteiger partial charge in [-0.15, -0.1) is 11.3 Å². The highest BCUT2D eigenvalue weighted by Crippen LogP contribution is 2.19. The predicted molar refractivity (Wildman–Crippen MR) is 95.1 cm³/mol. The first-order valence-electron chi connectivity index (χ1n) is 7.48. The van der Waals surface area contributed by atoms with E-state index in [-0.39, 0.29) is 11.7 Å². The zero-order valence-corrected chi connectivity index (χ0v) is 15.0. The van der Waals surface area contributed by atoms with Crippen LogP contribution in [0.4, 0.5) is 0 Å². The lowest BCUT2D eigenvalue weighted by atomic mass is 10.2. The van der Waals surface area contributed by atoms with Crippen LogP contribution in [-0.2, 0) is 0 Å². The summed E-state index contributed by atoms with van der Waals surface area (Å²) in [4.78, 5) is 29.5. The fourth-order valence-electron chi connectivity index (χ4n) is 2.63. The number of hydrogen-bond donors (Lipinski definition) is 0. The summed E-state index contributed by atoms with van der Waals surface area (Å²) < 4.78 is 0.820. The average molecular weight is 393 g/mol. The van der Waals surface area contributed by atoms with Gasteiger partial charge < -0.3 is 4.90 Å². The smallest absolute Gasteiger partial charge is 0.255 e. The maximum absolute atomic E-state index is 12.5. The fraction of sp³-hybridized carbons (Fsp3) is 0.294. The lowest BCUT2D eigenvalue weighted by Crippen LogP contribution is -2.49. The Labute approximate surface area is 147 Å². The molecule has 0 N–H and O–H groups in total. The molecule has 2 aromatic rings. The molecule has 0 aliphatic carbocycles. The summed E-state index contributed by atoms with van der Waals surface area (Å²) in [6.45, 7) is 3.19. The van der Waals surface area contributed by atoms with E-state index in [9.17, 15) is 9.59 Å². The number of benzene rings is 1. The number of thiophene rings is 1. The summed E-state index contributed by atoms with van der Waals surface area (Å²) in [5.41, 5.74) is 0.690. The Morgan fingerprint density at radius 2 is 1.78 bits per heavy atom. The first-order valence-corrected chi connectivity index (χ1v) is 9.15. The molecule has 23 heavy (non-hydrogen) atoms. The second-order valence-electron chi connectivity index (χ2n) is 5.45. The van der Waals surface area contributed by atoms with Crippen LogP contribution in [0.25, 0.3) is 0 Å². The van der Waals surface area contributed by atoms with Gasteiger partial charge in [-0.3, -0.25) is 14.5 Å². The highest BCUT2D eigenvalue weighted by atomic mass is 79.9. The van der Waals surface area contributed by atoms with E-state index in [1.807, 2.05) is 46.7 Å². The number of hydrogen-bond acceptors (Lipinski definition) is 4. The maximum Gasteiger partial charge on any atom is 0.255 e. The highest BCUT2D eigenvalue weighted by molar-refractivity contribution is 9.10. The normalized spacial score (nSPS) is 15.6. The van der Waals surface area contributed by atoms with Gasteiger partial charge in [0.05, 0.1) is 17.0 Å². The van der Waals surface area contributed by atoms with Gasteiger partial charge >= 0.3 is 0 Å². The Balaban J connectivity index is 1.55. The van der Waals surface area contributed by atoms with Gasteiger partial charge in [-0.2, -0.15) is 0 Å². The number of nitrogens with zero attached hydrogens (tertiary/aromatic N) is 2. The lowest BCUT2D eigenvalue weighted by molar-refractivity contribution is 0.0624. The number of ketones is 1. The molecule has 6 heteroatoms. The summed E-state index contributed by atoms with van der Waals surface area (Å²) in [5.74, 6) is 0.201. The number of piperazine rings is 1. The van der Waals surface area contributed by atoms with Crippen molar-refractivity contribution in [1.29, 1.82) is 0 Å². The molecule has 1 aliphatic heterocycles. The number of rotatable bonds is 4. The van der Waals surface area contributed by atoms with Gasteiger partial charge in [-0.05, 0) is 39.5 Å². The summed E-state index contributed by atoms with van der Waals surface area (Å²) in [7, 11) is 0. The minimum absolute atomic E-state index is 0.0432. The van der Waals surface area contributed by atoms with Crippen molar-refractivity contribution in [2.24, 2.45) is 0 Å². The summed E-state index contributed by atoms with van der Waals surface area (Å²) >= 11 is 4.91. The highest BCUT2D eigenvalue weighted by Gasteiger charge is 2.24. The Morgan fingerprint density at radius 3 is 2.43 bits per heavy atom. The molecule has 1 saturated heterocycles. The third kappa shape index (κ3) is 3.88. The largest absolute Gasteiger partial charge is 0.336 e. The topological polar surface area (TPSA) is 40.6 Å². The molecule has 0 saturated carbocycles. The van der Waals surface area contributed by atoms with Gasteiger partial charge in [0.2, 0.25) is 0 Å². The second-order valence-corrected chi connectivity index (χ2v) is 7.25. The van der Waals surface area contributed by atoms with Crippen molar-refractivity contribution in [3.63, 3.8) is 0 Å². The van der Waals surface area contributed by atoms with Gasteiger partial charge in [0.25, 0.3) is 5.91 Å². The van der Waals surface area contributed by atoms with Crippen LogP contribution in [0.15, 0.2) is 46.3 Å². The van der Waals surface area contributed by atoms with Crippen LogP contribution >= 0.6 is 27.3 Å². The summed E-state index contributed by atoms with van der Waals surface area (Å²) in [5, 5.41) is 1.92. The Bertz CT molecular complexity index is 694. The van der Waals surface area contributed by atoms with Gasteiger partial charge in [0.1, 0.15) is 0 Å². The standard InChI is InChI=1S/C17H17BrN2O2S/c18-14-5-2-1-4-13(14)17(22)20-9-7-19(8-10-20)12-15(21)16-6-3-11-23-16/h1-6,11H,7-10,12H2. The molecule has 1 aromatic carbocycles. The Kier molecular flexibility index (Phi) is 5.25. The van der Waals surface area contributed by atoms with Crippen LogP contribution in [0.3, 0.4) is 0 Å². The molecule has 1 aliphatic rings. The number of halogens is 1. The third-order valence-electron chi connectivity index (χ3n) is 3.93. The van der Waals surface area contributed by atoms with Gasteiger partial charge in [-0.25, -0.2) is 0 Å². The molecule has 1 fully saturated rings. The molecule has 3 rings (SSSR count). The quantitative estimate of drug-likeness (QED) is 0.750. The van der Waals surface area contributed by atoms with Crippen LogP contribution in [-0.4, -0.2) is 54.2 Å². The SMILES string of the molecule is O=C(CN1CCN(C(=O)c2ccccc2Br)CC1)c1cccs1. The molecule has 1 amide bonds. The Morgan fingerprint density at radius 1 is 1.04 bits per heavy atom. The summed E-state index contributed by atoms with van der Waals surface area (Å²) in [6, 6.07) is 11.2. The maximum atomic E-state index is 12.5. The zero-order chi connectivity index (χ0) is 16.2. The van der Waals surface area contributed by atoms with Crippen molar-refractivity contribution in [2.75, 3.05) is 32.7 Å². The van der Waals surface area contributed by atoms with Crippen molar-refractivity contribution in [1.82, 2.24) is 9.80 Å². The minimum atomic E-state index is 0.0432. The van der Waals surface area contributed by atoms with Crippen LogP contribution < -0.4 is 0 Å². The molecule has 120 valence electrons. The van der Waals surface area contributed by atoms with E-state index in [1.54, 1.807) is 0 Å². The van der Waals surface area contributed by atoms with Crippen LogP contribution in [0.5, 0.6) is 0 Å². The fourth-order valence-corrected chi connectivity index (χ4v) is 3.74. The second kappa shape index (κ2) is 7.38. The lowest BCUT2D eigenvalue weighted by Gasteiger charge is -2.34. The predicted octanol–water partition coefficient (Wildman–Crippen LogP) is 3.15. The monoisotopic (exact) mass is 392 g/mol.